The molecule has 0 saturated carbocycles. The van der Waals surface area contributed by atoms with Gasteiger partial charge in [0.1, 0.15) is 0 Å². The maximum atomic E-state index is 4.19. The number of unbranched alkanes of at least 4 members (excludes halogenated alkanes) is 1. The molecule has 3 aromatic rings. The van der Waals surface area contributed by atoms with E-state index in [4.69, 9.17) is 0 Å². The van der Waals surface area contributed by atoms with Crippen LogP contribution in [-0.4, -0.2) is 6.71 Å². The maximum absolute atomic E-state index is 4.19. The monoisotopic (exact) mass is 827 g/mol. The van der Waals surface area contributed by atoms with Crippen LogP contribution in [0.2, 0.25) is 0 Å². The maximum Gasteiger partial charge on any atom is 0.242 e. The van der Waals surface area contributed by atoms with Crippen molar-refractivity contribution in [2.45, 2.75) is 128 Å². The van der Waals surface area contributed by atoms with Crippen molar-refractivity contribution in [3.63, 3.8) is 0 Å². The van der Waals surface area contributed by atoms with Crippen LogP contribution in [0.1, 0.15) is 134 Å². The Kier molecular flexibility index (Phi) is 34.1. The zero-order chi connectivity index (χ0) is 46.4. The summed E-state index contributed by atoms with van der Waals surface area (Å²) in [5.74, 6) is 0. The molecule has 0 bridgehead atoms. The predicted octanol–water partition coefficient (Wildman–Crippen LogP) is 17.3. The molecule has 7 rings (SSSR count). The van der Waals surface area contributed by atoms with Gasteiger partial charge >= 0.3 is 0 Å². The first-order valence-corrected chi connectivity index (χ1v) is 23.6. The van der Waals surface area contributed by atoms with Gasteiger partial charge in [0.05, 0.1) is 0 Å². The molecular weight excluding hydrogens is 743 g/mol. The van der Waals surface area contributed by atoms with Gasteiger partial charge in [-0.2, -0.15) is 0 Å². The molecule has 0 N–H and O–H groups in total. The van der Waals surface area contributed by atoms with Gasteiger partial charge in [-0.25, -0.2) is 0 Å². The van der Waals surface area contributed by atoms with Gasteiger partial charge in [0.2, 0.25) is 6.71 Å². The third-order valence-electron chi connectivity index (χ3n) is 9.49. The summed E-state index contributed by atoms with van der Waals surface area (Å²) in [6.45, 7) is 32.8. The van der Waals surface area contributed by atoms with Crippen LogP contribution in [0.25, 0.3) is 16.7 Å². The summed E-state index contributed by atoms with van der Waals surface area (Å²) in [6.07, 6.45) is 44.1. The Bertz CT molecular complexity index is 1980. The van der Waals surface area contributed by atoms with E-state index < -0.39 is 0 Å². The van der Waals surface area contributed by atoms with E-state index in [-0.39, 0.29) is 6.71 Å². The number of hydrogen-bond acceptors (Lipinski definition) is 0. The molecule has 0 fully saturated rings. The van der Waals surface area contributed by atoms with E-state index >= 15 is 0 Å². The number of hydrogen-bond donors (Lipinski definition) is 0. The second-order valence-corrected chi connectivity index (χ2v) is 14.3. The minimum Gasteiger partial charge on any atom is -0.0991 e. The molecular formula is C61H83B. The molecule has 0 atom stereocenters. The number of allylic oxidation sites excluding steroid dienone is 22. The van der Waals surface area contributed by atoms with Crippen molar-refractivity contribution in [1.29, 1.82) is 0 Å². The molecule has 62 heavy (non-hydrogen) atoms. The molecule has 0 amide bonds. The minimum absolute atomic E-state index is 0.283. The van der Waals surface area contributed by atoms with E-state index in [9.17, 15) is 0 Å². The number of fused-ring (bicyclic) bond motifs is 3. The summed E-state index contributed by atoms with van der Waals surface area (Å²) in [5.41, 5.74) is 14.5. The Hall–Kier alpha value is -5.40. The Morgan fingerprint density at radius 1 is 0.629 bits per heavy atom. The fourth-order valence-electron chi connectivity index (χ4n) is 6.57. The molecule has 1 heterocycles. The van der Waals surface area contributed by atoms with Gasteiger partial charge in [0.25, 0.3) is 0 Å². The Morgan fingerprint density at radius 2 is 1.23 bits per heavy atom. The van der Waals surface area contributed by atoms with Crippen LogP contribution in [-0.2, 0) is 0 Å². The number of benzene rings is 3. The molecule has 0 nitrogen and oxygen atoms in total. The topological polar surface area (TPSA) is 0 Å². The van der Waals surface area contributed by atoms with E-state index in [0.717, 1.165) is 19.3 Å². The minimum atomic E-state index is 0.283. The van der Waals surface area contributed by atoms with Gasteiger partial charge in [0.15, 0.2) is 0 Å². The summed E-state index contributed by atoms with van der Waals surface area (Å²) >= 11 is 0. The standard InChI is InChI=1S/C32H29B.2C7H10.C5H6.C4H10.3C2H6/c1-4-27(24-13-7-5-8-14-24)29(21-23(2)3)25-19-20-32-30(22-25)28-17-11-12-18-31(28)33(32)26-15-9-6-10-16-26;1-7-5-3-2-4-6-7;1-3-5-7-6-4-2;1-2-4-5-3-1;1-3-4-2;3*1-2/h4,6-7,9-22H,1,5,8H2,2-3H3;3,5-6H,2,4H2,1H3;3-7H,1H2,2H3;1-4H,5H2;3-4H2,1-2H3;3*1-2H3/b29-27-;;6-4-,7-5-;;;;;. The van der Waals surface area contributed by atoms with E-state index in [1.54, 1.807) is 6.08 Å². The molecule has 1 heteroatoms. The van der Waals surface area contributed by atoms with E-state index in [1.807, 2.05) is 78.8 Å². The van der Waals surface area contributed by atoms with Crippen molar-refractivity contribution in [2.75, 3.05) is 0 Å². The third-order valence-corrected chi connectivity index (χ3v) is 9.49. The highest BCUT2D eigenvalue weighted by Gasteiger charge is 2.33. The van der Waals surface area contributed by atoms with Crippen molar-refractivity contribution < 1.29 is 0 Å². The van der Waals surface area contributed by atoms with Gasteiger partial charge < -0.3 is 0 Å². The smallest absolute Gasteiger partial charge is 0.0991 e. The lowest BCUT2D eigenvalue weighted by Crippen LogP contribution is -2.48. The Balaban J connectivity index is 0.00000104. The first-order valence-electron chi connectivity index (χ1n) is 23.6. The lowest BCUT2D eigenvalue weighted by Gasteiger charge is -2.16. The molecule has 0 unspecified atom stereocenters. The summed E-state index contributed by atoms with van der Waals surface area (Å²) in [4.78, 5) is 0. The summed E-state index contributed by atoms with van der Waals surface area (Å²) in [6, 6.07) is 26.8. The molecule has 3 aliphatic carbocycles. The molecule has 330 valence electrons. The zero-order valence-corrected chi connectivity index (χ0v) is 41.2. The van der Waals surface area contributed by atoms with Gasteiger partial charge in [-0.15, -0.1) is 0 Å². The first kappa shape index (κ1) is 56.6. The molecule has 4 aliphatic rings. The summed E-state index contributed by atoms with van der Waals surface area (Å²) in [5, 5.41) is 0. The van der Waals surface area contributed by atoms with Gasteiger partial charge in [-0.05, 0) is 99.3 Å². The number of rotatable bonds is 8. The average molecular weight is 827 g/mol. The largest absolute Gasteiger partial charge is 0.242 e. The molecule has 0 spiro atoms. The van der Waals surface area contributed by atoms with E-state index in [0.29, 0.717) is 0 Å². The van der Waals surface area contributed by atoms with Crippen molar-refractivity contribution in [1.82, 2.24) is 0 Å². The average Bonchev–Trinajstić information content (AvgIpc) is 4.04. The third kappa shape index (κ3) is 20.9. The molecule has 0 radical (unpaired) electrons. The quantitative estimate of drug-likeness (QED) is 0.123. The summed E-state index contributed by atoms with van der Waals surface area (Å²) in [7, 11) is 0. The lowest BCUT2D eigenvalue weighted by molar-refractivity contribution is 0.886. The molecule has 0 aromatic heterocycles. The molecule has 3 aromatic carbocycles. The molecule has 1 aliphatic heterocycles. The second-order valence-electron chi connectivity index (χ2n) is 14.3. The van der Waals surface area contributed by atoms with Gasteiger partial charge in [-0.1, -0.05) is 279 Å². The van der Waals surface area contributed by atoms with E-state index in [1.165, 1.54) is 86.6 Å². The SMILES string of the molecule is C1=CCC=C1.C=C/C(C1=CCCC=C1)=C(\C=C(C)C)c1ccc2c(c1)-c1ccccc1B2c1ccccc1.C=C/C=C\C=C/C.CC.CC.CC.CC1=CCCC=C1.CCCC. The van der Waals surface area contributed by atoms with Crippen LogP contribution >= 0.6 is 0 Å². The molecule has 0 saturated heterocycles. The van der Waals surface area contributed by atoms with E-state index in [2.05, 4.69) is 187 Å². The van der Waals surface area contributed by atoms with Crippen molar-refractivity contribution in [3.05, 3.63) is 217 Å². The van der Waals surface area contributed by atoms with Crippen LogP contribution in [0.3, 0.4) is 0 Å². The highest BCUT2D eigenvalue weighted by molar-refractivity contribution is 6.99. The summed E-state index contributed by atoms with van der Waals surface area (Å²) < 4.78 is 0. The zero-order valence-electron chi connectivity index (χ0n) is 41.2. The van der Waals surface area contributed by atoms with Gasteiger partial charge in [0, 0.05) is 0 Å². The Labute approximate surface area is 383 Å². The Morgan fingerprint density at radius 3 is 1.69 bits per heavy atom. The van der Waals surface area contributed by atoms with Crippen LogP contribution in [0, 0.1) is 0 Å². The fourth-order valence-corrected chi connectivity index (χ4v) is 6.57. The highest BCUT2D eigenvalue weighted by Crippen LogP contribution is 2.33. The normalized spacial score (nSPS) is 13.5. The predicted molar refractivity (Wildman–Crippen MR) is 290 cm³/mol. The second kappa shape index (κ2) is 37.4. The van der Waals surface area contributed by atoms with Crippen LogP contribution in [0.5, 0.6) is 0 Å². The van der Waals surface area contributed by atoms with Gasteiger partial charge in [-0.3, -0.25) is 0 Å². The van der Waals surface area contributed by atoms with Crippen LogP contribution < -0.4 is 16.4 Å². The van der Waals surface area contributed by atoms with Crippen molar-refractivity contribution in [3.8, 4) is 11.1 Å². The highest BCUT2D eigenvalue weighted by atomic mass is 14.2. The first-order chi connectivity index (χ1) is 30.4. The van der Waals surface area contributed by atoms with Crippen molar-refractivity contribution >= 4 is 28.7 Å². The van der Waals surface area contributed by atoms with Crippen molar-refractivity contribution in [2.24, 2.45) is 0 Å². The lowest BCUT2D eigenvalue weighted by atomic mass is 9.39. The van der Waals surface area contributed by atoms with Crippen LogP contribution in [0.15, 0.2) is 212 Å². The van der Waals surface area contributed by atoms with Crippen LogP contribution in [0.4, 0.5) is 0 Å². The fraction of sp³-hybridized carbons (Fsp3) is 0.311.